The molecular weight excluding hydrogens is 377 g/mol. The third-order valence-corrected chi connectivity index (χ3v) is 4.71. The number of hydrogen-bond donors (Lipinski definition) is 2. The van der Waals surface area contributed by atoms with Crippen LogP contribution in [0.2, 0.25) is 0 Å². The van der Waals surface area contributed by atoms with Crippen molar-refractivity contribution in [3.8, 4) is 0 Å². The van der Waals surface area contributed by atoms with E-state index < -0.39 is 0 Å². The first kappa shape index (κ1) is 21.6. The Kier molecular flexibility index (Phi) is 9.75. The lowest BCUT2D eigenvalue weighted by atomic mass is 10.1. The first-order valence-electron chi connectivity index (χ1n) is 7.92. The van der Waals surface area contributed by atoms with Crippen molar-refractivity contribution in [1.29, 1.82) is 0 Å². The van der Waals surface area contributed by atoms with Crippen molar-refractivity contribution in [2.45, 2.75) is 19.3 Å². The lowest BCUT2D eigenvalue weighted by Gasteiger charge is -2.14. The first-order chi connectivity index (χ1) is 11.3. The van der Waals surface area contributed by atoms with Gasteiger partial charge in [0, 0.05) is 24.9 Å². The highest BCUT2D eigenvalue weighted by atomic mass is 35.5. The van der Waals surface area contributed by atoms with Gasteiger partial charge in [0.2, 0.25) is 5.91 Å². The molecule has 0 unspecified atom stereocenters. The highest BCUT2D eigenvalue weighted by Crippen LogP contribution is 2.15. The monoisotopic (exact) mass is 399 g/mol. The largest absolute Gasteiger partial charge is 0.352 e. The number of halogens is 2. The minimum atomic E-state index is 0. The van der Waals surface area contributed by atoms with Crippen molar-refractivity contribution in [3.05, 3.63) is 63.6 Å². The molecule has 0 spiro atoms. The Balaban J connectivity index is 0.00000156. The molecule has 0 fully saturated rings. The van der Waals surface area contributed by atoms with E-state index in [4.69, 9.17) is 0 Å². The molecule has 0 radical (unpaired) electrons. The van der Waals surface area contributed by atoms with Crippen LogP contribution in [0.3, 0.4) is 0 Å². The summed E-state index contributed by atoms with van der Waals surface area (Å²) in [4.78, 5) is 16.6. The quantitative estimate of drug-likeness (QED) is 0.733. The molecule has 0 bridgehead atoms. The molecule has 0 saturated carbocycles. The van der Waals surface area contributed by atoms with Gasteiger partial charge < -0.3 is 10.6 Å². The topological polar surface area (TPSA) is 54.0 Å². The van der Waals surface area contributed by atoms with E-state index in [9.17, 15) is 4.79 Å². The molecule has 2 N–H and O–H groups in total. The number of aromatic nitrogens is 1. The van der Waals surface area contributed by atoms with E-state index in [1.54, 1.807) is 11.3 Å². The molecule has 0 saturated heterocycles. The molecule has 3 rings (SSSR count). The Bertz CT molecular complexity index is 689. The molecule has 0 aliphatic carbocycles. The third-order valence-electron chi connectivity index (χ3n) is 3.81. The average Bonchev–Trinajstić information content (AvgIpc) is 3.02. The van der Waals surface area contributed by atoms with Crippen LogP contribution >= 0.6 is 36.2 Å². The average molecular weight is 400 g/mol. The number of hydrogen-bond acceptors (Lipinski definition) is 4. The molecule has 25 heavy (non-hydrogen) atoms. The molecule has 1 aliphatic heterocycles. The number of carbonyl (C=O) groups excluding carboxylic acids is 1. The molecular formula is C18H23Cl2N3OS. The predicted molar refractivity (Wildman–Crippen MR) is 108 cm³/mol. The van der Waals surface area contributed by atoms with Crippen LogP contribution in [0.5, 0.6) is 0 Å². The summed E-state index contributed by atoms with van der Waals surface area (Å²) < 4.78 is 0. The lowest BCUT2D eigenvalue weighted by Crippen LogP contribution is -2.30. The van der Waals surface area contributed by atoms with Crippen LogP contribution in [0.25, 0.3) is 0 Å². The van der Waals surface area contributed by atoms with Crippen molar-refractivity contribution in [2.24, 2.45) is 0 Å². The molecule has 1 aliphatic rings. The smallest absolute Gasteiger partial charge is 0.226 e. The summed E-state index contributed by atoms with van der Waals surface area (Å²) in [5.41, 5.74) is 3.41. The fourth-order valence-corrected chi connectivity index (χ4v) is 3.38. The summed E-state index contributed by atoms with van der Waals surface area (Å²) in [6.45, 7) is 2.55. The summed E-state index contributed by atoms with van der Waals surface area (Å²) in [5, 5.41) is 9.30. The van der Waals surface area contributed by atoms with Gasteiger partial charge in [0.05, 0.1) is 17.1 Å². The van der Waals surface area contributed by atoms with Crippen molar-refractivity contribution in [3.63, 3.8) is 0 Å². The van der Waals surface area contributed by atoms with Crippen molar-refractivity contribution < 1.29 is 4.79 Å². The maximum absolute atomic E-state index is 12.0. The fraction of sp³-hybridized carbons (Fsp3) is 0.333. The molecule has 1 aromatic carbocycles. The van der Waals surface area contributed by atoms with Gasteiger partial charge in [-0.25, -0.2) is 4.98 Å². The molecule has 136 valence electrons. The van der Waals surface area contributed by atoms with Crippen molar-refractivity contribution in [2.75, 3.05) is 19.6 Å². The van der Waals surface area contributed by atoms with Crippen LogP contribution in [0.15, 0.2) is 47.4 Å². The molecule has 4 nitrogen and oxygen atoms in total. The van der Waals surface area contributed by atoms with Crippen LogP contribution in [0.4, 0.5) is 0 Å². The van der Waals surface area contributed by atoms with E-state index in [1.807, 2.05) is 23.6 Å². The number of nitrogens with zero attached hydrogens (tertiary/aromatic N) is 1. The Labute approximate surface area is 165 Å². The van der Waals surface area contributed by atoms with Crippen LogP contribution in [0.1, 0.15) is 22.7 Å². The number of rotatable bonds is 6. The van der Waals surface area contributed by atoms with Crippen LogP contribution in [-0.4, -0.2) is 30.5 Å². The summed E-state index contributed by atoms with van der Waals surface area (Å²) in [5.74, 6) is 0.0426. The molecule has 0 atom stereocenters. The van der Waals surface area contributed by atoms with Crippen LogP contribution in [-0.2, 0) is 17.6 Å². The summed E-state index contributed by atoms with van der Waals surface area (Å²) in [6, 6.07) is 10.3. The van der Waals surface area contributed by atoms with Gasteiger partial charge in [-0.05, 0) is 18.5 Å². The molecule has 1 aromatic heterocycles. The zero-order valence-electron chi connectivity index (χ0n) is 13.9. The van der Waals surface area contributed by atoms with Gasteiger partial charge in [0.15, 0.2) is 0 Å². The zero-order chi connectivity index (χ0) is 15.9. The maximum atomic E-state index is 12.0. The third kappa shape index (κ3) is 7.16. The number of carbonyl (C=O) groups is 1. The molecule has 2 aromatic rings. The second-order valence-electron chi connectivity index (χ2n) is 5.66. The molecule has 7 heteroatoms. The van der Waals surface area contributed by atoms with Gasteiger partial charge in [-0.2, -0.15) is 0 Å². The Morgan fingerprint density at radius 2 is 2.04 bits per heavy atom. The van der Waals surface area contributed by atoms with Gasteiger partial charge in [-0.1, -0.05) is 42.0 Å². The standard InChI is InChI=1S/C18H21N3OS.2ClH/c22-17(20-12-15-6-8-19-9-7-15)11-16-13-23-18(21-16)10-14-4-2-1-3-5-14;;/h1-6,13,19H,7-12H2,(H,20,22);2*1H. The van der Waals surface area contributed by atoms with E-state index in [0.717, 1.165) is 36.6 Å². The lowest BCUT2D eigenvalue weighted by molar-refractivity contribution is -0.120. The number of thiazole rings is 1. The van der Waals surface area contributed by atoms with Crippen LogP contribution < -0.4 is 10.6 Å². The number of nitrogens with one attached hydrogen (secondary N) is 2. The summed E-state index contributed by atoms with van der Waals surface area (Å²) >= 11 is 1.62. The van der Waals surface area contributed by atoms with Gasteiger partial charge in [-0.15, -0.1) is 36.2 Å². The van der Waals surface area contributed by atoms with E-state index in [1.165, 1.54) is 11.1 Å². The van der Waals surface area contributed by atoms with Gasteiger partial charge in [0.1, 0.15) is 0 Å². The van der Waals surface area contributed by atoms with Crippen molar-refractivity contribution >= 4 is 42.1 Å². The Morgan fingerprint density at radius 3 is 2.76 bits per heavy atom. The van der Waals surface area contributed by atoms with E-state index in [0.29, 0.717) is 13.0 Å². The highest BCUT2D eigenvalue weighted by molar-refractivity contribution is 7.09. The second-order valence-corrected chi connectivity index (χ2v) is 6.61. The van der Waals surface area contributed by atoms with Gasteiger partial charge in [0.25, 0.3) is 0 Å². The Morgan fingerprint density at radius 1 is 1.24 bits per heavy atom. The molecule has 1 amide bonds. The van der Waals surface area contributed by atoms with Gasteiger partial charge >= 0.3 is 0 Å². The minimum absolute atomic E-state index is 0. The summed E-state index contributed by atoms with van der Waals surface area (Å²) in [7, 11) is 0. The SMILES string of the molecule is Cl.Cl.O=C(Cc1csc(Cc2ccccc2)n1)NCC1=CCNCC1. The predicted octanol–water partition coefficient (Wildman–Crippen LogP) is 3.16. The maximum Gasteiger partial charge on any atom is 0.226 e. The number of amides is 1. The van der Waals surface area contributed by atoms with Crippen molar-refractivity contribution in [1.82, 2.24) is 15.6 Å². The van der Waals surface area contributed by atoms with E-state index in [-0.39, 0.29) is 30.7 Å². The van der Waals surface area contributed by atoms with Crippen LogP contribution in [0, 0.1) is 0 Å². The normalized spacial score (nSPS) is 13.2. The summed E-state index contributed by atoms with van der Waals surface area (Å²) in [6.07, 6.45) is 4.35. The van der Waals surface area contributed by atoms with E-state index >= 15 is 0 Å². The zero-order valence-corrected chi connectivity index (χ0v) is 16.3. The first-order valence-corrected chi connectivity index (χ1v) is 8.80. The van der Waals surface area contributed by atoms with Gasteiger partial charge in [-0.3, -0.25) is 4.79 Å². The Hall–Kier alpha value is -1.40. The highest BCUT2D eigenvalue weighted by Gasteiger charge is 2.09. The number of benzene rings is 1. The molecule has 2 heterocycles. The van der Waals surface area contributed by atoms with E-state index in [2.05, 4.69) is 33.8 Å². The minimum Gasteiger partial charge on any atom is -0.352 e. The second kappa shape index (κ2) is 11.3. The fourth-order valence-electron chi connectivity index (χ4n) is 2.55.